The van der Waals surface area contributed by atoms with Gasteiger partial charge in [0.25, 0.3) is 11.8 Å². The molecule has 0 aromatic carbocycles. The lowest BCUT2D eigenvalue weighted by atomic mass is 9.97. The predicted molar refractivity (Wildman–Crippen MR) is 170 cm³/mol. The third-order valence-electron chi connectivity index (χ3n) is 7.78. The molecular formula is C33H58N4O8. The Hall–Kier alpha value is -3.18. The third-order valence-corrected chi connectivity index (χ3v) is 7.78. The number of hydrogen-bond acceptors (Lipinski definition) is 8. The first-order chi connectivity index (χ1) is 20.7. The zero-order valence-corrected chi connectivity index (χ0v) is 29.6. The topological polar surface area (TPSA) is 160 Å². The summed E-state index contributed by atoms with van der Waals surface area (Å²) in [6.45, 7) is 21.4. The van der Waals surface area contributed by atoms with Gasteiger partial charge in [-0.1, -0.05) is 83.1 Å². The number of carbonyl (C=O) groups is 6. The predicted octanol–water partition coefficient (Wildman–Crippen LogP) is 2.82. The Labute approximate surface area is 269 Å². The lowest BCUT2D eigenvalue weighted by molar-refractivity contribution is -0.167. The molecule has 0 spiro atoms. The second kappa shape index (κ2) is 17.5. The van der Waals surface area contributed by atoms with Crippen molar-refractivity contribution in [2.75, 3.05) is 7.05 Å². The molecule has 0 unspecified atom stereocenters. The first kappa shape index (κ1) is 39.8. The van der Waals surface area contributed by atoms with E-state index in [4.69, 9.17) is 9.47 Å². The fraction of sp³-hybridized carbons (Fsp3) is 0.818. The maximum Gasteiger partial charge on any atom is 0.329 e. The fourth-order valence-electron chi connectivity index (χ4n) is 5.09. The van der Waals surface area contributed by atoms with Crippen molar-refractivity contribution >= 4 is 35.6 Å². The standard InChI is InChI=1S/C33H58N4O8/c1-16(2)14-22-32(42)44-26(20(9)10)30(40)36-25(19(7)8)31(41)37(13)23(15-17(3)4)33(43)45-27(21(11)12)29(39)35-24(18(5)6)28(38)34-22/h16-27H,14-15H2,1-13H3,(H,34,38)(H,35,39)(H,36,40)/t22-,23+,24-,25+,26-,27-/m0/s1. The van der Waals surface area contributed by atoms with E-state index in [2.05, 4.69) is 16.0 Å². The van der Waals surface area contributed by atoms with Crippen molar-refractivity contribution in [2.24, 2.45) is 35.5 Å². The van der Waals surface area contributed by atoms with Crippen LogP contribution in [0.3, 0.4) is 0 Å². The van der Waals surface area contributed by atoms with Gasteiger partial charge in [0.05, 0.1) is 0 Å². The number of carbonyl (C=O) groups excluding carboxylic acids is 6. The van der Waals surface area contributed by atoms with E-state index in [0.717, 1.165) is 0 Å². The monoisotopic (exact) mass is 638 g/mol. The molecule has 0 bridgehead atoms. The smallest absolute Gasteiger partial charge is 0.329 e. The molecule has 1 aliphatic rings. The SMILES string of the molecule is CC(C)C[C@@H]1NC(=O)[C@H](C(C)C)NC(=O)[C@H](C(C)C)OC(=O)[C@@H](CC(C)C)N(C)C(=O)[C@@H](C(C)C)NC(=O)[C@H](C(C)C)OC1=O. The van der Waals surface area contributed by atoms with E-state index in [1.807, 2.05) is 27.7 Å². The van der Waals surface area contributed by atoms with Crippen LogP contribution in [-0.4, -0.2) is 83.9 Å². The number of ether oxygens (including phenoxy) is 2. The third kappa shape index (κ3) is 11.6. The Balaban J connectivity index is 3.79. The van der Waals surface area contributed by atoms with E-state index in [1.54, 1.807) is 55.4 Å². The summed E-state index contributed by atoms with van der Waals surface area (Å²) in [5, 5.41) is 8.19. The van der Waals surface area contributed by atoms with Crippen LogP contribution in [0.2, 0.25) is 0 Å². The van der Waals surface area contributed by atoms with E-state index in [9.17, 15) is 28.8 Å². The summed E-state index contributed by atoms with van der Waals surface area (Å²) in [6.07, 6.45) is -2.05. The number of nitrogens with zero attached hydrogens (tertiary/aromatic N) is 1. The molecular weight excluding hydrogens is 580 g/mol. The highest BCUT2D eigenvalue weighted by Crippen LogP contribution is 2.20. The molecule has 4 amide bonds. The van der Waals surface area contributed by atoms with Crippen LogP contribution < -0.4 is 16.0 Å². The van der Waals surface area contributed by atoms with Crippen LogP contribution >= 0.6 is 0 Å². The van der Waals surface area contributed by atoms with Crippen molar-refractivity contribution in [1.29, 1.82) is 0 Å². The van der Waals surface area contributed by atoms with Crippen LogP contribution in [0.15, 0.2) is 0 Å². The Bertz CT molecular complexity index is 1060. The van der Waals surface area contributed by atoms with Gasteiger partial charge >= 0.3 is 11.9 Å². The molecule has 0 radical (unpaired) electrons. The second-order valence-corrected chi connectivity index (χ2v) is 14.4. The van der Waals surface area contributed by atoms with E-state index in [1.165, 1.54) is 11.9 Å². The Kier molecular flexibility index (Phi) is 15.5. The lowest BCUT2D eigenvalue weighted by Crippen LogP contribution is -2.59. The average molecular weight is 639 g/mol. The van der Waals surface area contributed by atoms with Crippen LogP contribution in [0.25, 0.3) is 0 Å². The second-order valence-electron chi connectivity index (χ2n) is 14.4. The van der Waals surface area contributed by atoms with Crippen molar-refractivity contribution < 1.29 is 38.2 Å². The van der Waals surface area contributed by atoms with Gasteiger partial charge in [-0.15, -0.1) is 0 Å². The molecule has 1 heterocycles. The molecule has 45 heavy (non-hydrogen) atoms. The van der Waals surface area contributed by atoms with Crippen molar-refractivity contribution in [2.45, 2.75) is 132 Å². The molecule has 1 saturated heterocycles. The molecule has 1 rings (SSSR count). The van der Waals surface area contributed by atoms with Gasteiger partial charge in [0.1, 0.15) is 24.2 Å². The molecule has 258 valence electrons. The van der Waals surface area contributed by atoms with Crippen molar-refractivity contribution in [3.63, 3.8) is 0 Å². The number of amides is 4. The molecule has 0 saturated carbocycles. The zero-order chi connectivity index (χ0) is 34.9. The lowest BCUT2D eigenvalue weighted by Gasteiger charge is -2.35. The summed E-state index contributed by atoms with van der Waals surface area (Å²) >= 11 is 0. The number of likely N-dealkylation sites (N-methyl/N-ethyl adjacent to an activating group) is 1. The van der Waals surface area contributed by atoms with Crippen LogP contribution in [0.4, 0.5) is 0 Å². The summed E-state index contributed by atoms with van der Waals surface area (Å²) in [4.78, 5) is 83.0. The maximum atomic E-state index is 13.9. The molecule has 12 heteroatoms. The molecule has 1 aliphatic heterocycles. The van der Waals surface area contributed by atoms with Gasteiger partial charge in [-0.25, -0.2) is 9.59 Å². The molecule has 0 aromatic heterocycles. The maximum absolute atomic E-state index is 13.9. The summed E-state index contributed by atoms with van der Waals surface area (Å²) in [5.41, 5.74) is 0. The van der Waals surface area contributed by atoms with Gasteiger partial charge in [-0.3, -0.25) is 19.2 Å². The van der Waals surface area contributed by atoms with Crippen LogP contribution in [0.5, 0.6) is 0 Å². The summed E-state index contributed by atoms with van der Waals surface area (Å²) in [7, 11) is 1.47. The van der Waals surface area contributed by atoms with Gasteiger partial charge < -0.3 is 30.3 Å². The molecule has 0 aliphatic carbocycles. The number of rotatable bonds is 8. The van der Waals surface area contributed by atoms with Gasteiger partial charge in [0, 0.05) is 7.05 Å². The minimum Gasteiger partial charge on any atom is -0.450 e. The van der Waals surface area contributed by atoms with E-state index in [0.29, 0.717) is 0 Å². The van der Waals surface area contributed by atoms with Crippen LogP contribution in [0.1, 0.15) is 95.9 Å². The molecule has 12 nitrogen and oxygen atoms in total. The highest BCUT2D eigenvalue weighted by Gasteiger charge is 2.41. The van der Waals surface area contributed by atoms with Gasteiger partial charge in [-0.2, -0.15) is 0 Å². The number of cyclic esters (lactones) is 2. The average Bonchev–Trinajstić information content (AvgIpc) is 2.91. The highest BCUT2D eigenvalue weighted by molar-refractivity contribution is 5.95. The quantitative estimate of drug-likeness (QED) is 0.342. The first-order valence-corrected chi connectivity index (χ1v) is 16.3. The van der Waals surface area contributed by atoms with Crippen molar-refractivity contribution in [3.8, 4) is 0 Å². The normalized spacial score (nSPS) is 27.0. The molecule has 1 fully saturated rings. The van der Waals surface area contributed by atoms with Gasteiger partial charge in [0.15, 0.2) is 12.2 Å². The van der Waals surface area contributed by atoms with E-state index < -0.39 is 89.7 Å². The zero-order valence-electron chi connectivity index (χ0n) is 29.6. The molecule has 0 aromatic rings. The minimum atomic E-state index is -1.26. The number of hydrogen-bond donors (Lipinski definition) is 3. The summed E-state index contributed by atoms with van der Waals surface area (Å²) in [5.74, 6) is -5.77. The largest absolute Gasteiger partial charge is 0.450 e. The minimum absolute atomic E-state index is 0.0217. The number of esters is 2. The Morgan fingerprint density at radius 3 is 1.38 bits per heavy atom. The van der Waals surface area contributed by atoms with Gasteiger partial charge in [0.2, 0.25) is 11.8 Å². The van der Waals surface area contributed by atoms with Crippen molar-refractivity contribution in [1.82, 2.24) is 20.9 Å². The van der Waals surface area contributed by atoms with Gasteiger partial charge in [-0.05, 0) is 48.3 Å². The van der Waals surface area contributed by atoms with Crippen LogP contribution in [0, 0.1) is 35.5 Å². The molecule has 6 atom stereocenters. The van der Waals surface area contributed by atoms with E-state index in [-0.39, 0.29) is 30.6 Å². The van der Waals surface area contributed by atoms with E-state index >= 15 is 0 Å². The fourth-order valence-corrected chi connectivity index (χ4v) is 5.09. The Morgan fingerprint density at radius 1 is 0.556 bits per heavy atom. The molecule has 3 N–H and O–H groups in total. The van der Waals surface area contributed by atoms with Crippen LogP contribution in [-0.2, 0) is 38.2 Å². The Morgan fingerprint density at radius 2 is 0.978 bits per heavy atom. The summed E-state index contributed by atoms with van der Waals surface area (Å²) < 4.78 is 11.5. The highest BCUT2D eigenvalue weighted by atomic mass is 16.6. The van der Waals surface area contributed by atoms with Crippen molar-refractivity contribution in [3.05, 3.63) is 0 Å². The summed E-state index contributed by atoms with van der Waals surface area (Å²) in [6, 6.07) is -4.27. The first-order valence-electron chi connectivity index (χ1n) is 16.3. The number of nitrogens with one attached hydrogen (secondary N) is 3.